The minimum Gasteiger partial charge on any atom is -0.444 e. The van der Waals surface area contributed by atoms with Gasteiger partial charge in [-0.2, -0.15) is 0 Å². The molecular formula is C38H51N7O6. The van der Waals surface area contributed by atoms with Gasteiger partial charge in [-0.15, -0.1) is 5.10 Å². The predicted molar refractivity (Wildman–Crippen MR) is 190 cm³/mol. The Morgan fingerprint density at radius 1 is 0.922 bits per heavy atom. The fourth-order valence-electron chi connectivity index (χ4n) is 7.02. The number of amides is 4. The van der Waals surface area contributed by atoms with Crippen LogP contribution < -0.4 is 16.0 Å². The summed E-state index contributed by atoms with van der Waals surface area (Å²) in [6.07, 6.45) is 3.20. The molecule has 5 rings (SSSR count). The van der Waals surface area contributed by atoms with E-state index in [9.17, 15) is 24.3 Å². The van der Waals surface area contributed by atoms with Crippen LogP contribution >= 0.6 is 0 Å². The maximum Gasteiger partial charge on any atom is 0.408 e. The van der Waals surface area contributed by atoms with Gasteiger partial charge < -0.3 is 30.7 Å². The summed E-state index contributed by atoms with van der Waals surface area (Å²) in [5.41, 5.74) is 1.50. The van der Waals surface area contributed by atoms with Gasteiger partial charge >= 0.3 is 6.09 Å². The largest absolute Gasteiger partial charge is 0.444 e. The van der Waals surface area contributed by atoms with Crippen LogP contribution in [0.2, 0.25) is 0 Å². The number of alkyl carbamates (subject to hydrolysis) is 1. The number of benzene rings is 2. The number of ether oxygens (including phenoxy) is 1. The molecule has 51 heavy (non-hydrogen) atoms. The number of fused-ring (bicyclic) bond motifs is 1. The SMILES string of the molecule is CCC(O)c1cn(C[C@H]2CC[C@H]3CC[C@@H](C(=O)NC(c4ccccc4)c4ccccc4)N3C(=O)[C@H]2NC(=O)[C@H](CC)NC(=O)OC(C)(C)C)nn1. The molecule has 6 atom stereocenters. The third-order valence-electron chi connectivity index (χ3n) is 9.64. The summed E-state index contributed by atoms with van der Waals surface area (Å²) in [6, 6.07) is 16.1. The summed E-state index contributed by atoms with van der Waals surface area (Å²) in [7, 11) is 0. The molecule has 2 aliphatic heterocycles. The Morgan fingerprint density at radius 2 is 1.55 bits per heavy atom. The third kappa shape index (κ3) is 9.32. The lowest BCUT2D eigenvalue weighted by Crippen LogP contribution is -2.59. The minimum absolute atomic E-state index is 0.195. The van der Waals surface area contributed by atoms with Crippen LogP contribution in [0, 0.1) is 5.92 Å². The van der Waals surface area contributed by atoms with E-state index in [1.54, 1.807) is 43.5 Å². The topological polar surface area (TPSA) is 168 Å². The summed E-state index contributed by atoms with van der Waals surface area (Å²) in [5, 5.41) is 27.5. The summed E-state index contributed by atoms with van der Waals surface area (Å²) in [4.78, 5) is 57.0. The van der Waals surface area contributed by atoms with E-state index >= 15 is 0 Å². The van der Waals surface area contributed by atoms with Gasteiger partial charge in [0.05, 0.1) is 18.3 Å². The molecular weight excluding hydrogens is 650 g/mol. The molecule has 2 saturated heterocycles. The van der Waals surface area contributed by atoms with Crippen molar-refractivity contribution in [3.8, 4) is 0 Å². The van der Waals surface area contributed by atoms with E-state index in [1.165, 1.54) is 0 Å². The normalized spacial score (nSPS) is 21.7. The highest BCUT2D eigenvalue weighted by Gasteiger charge is 2.48. The van der Waals surface area contributed by atoms with Crippen molar-refractivity contribution in [2.24, 2.45) is 5.92 Å². The van der Waals surface area contributed by atoms with Crippen molar-refractivity contribution in [2.45, 2.75) is 122 Å². The molecule has 0 radical (unpaired) electrons. The van der Waals surface area contributed by atoms with E-state index < -0.39 is 53.8 Å². The molecule has 0 bridgehead atoms. The van der Waals surface area contributed by atoms with Gasteiger partial charge in [-0.25, -0.2) is 4.79 Å². The predicted octanol–water partition coefficient (Wildman–Crippen LogP) is 4.19. The van der Waals surface area contributed by atoms with E-state index in [0.717, 1.165) is 11.1 Å². The Kier molecular flexibility index (Phi) is 12.1. The summed E-state index contributed by atoms with van der Waals surface area (Å²) < 4.78 is 6.98. The highest BCUT2D eigenvalue weighted by Crippen LogP contribution is 2.35. The standard InChI is InChI=1S/C38H51N7O6/c1-6-28(39-37(50)51-38(3,4)5)34(47)41-33-26(22-44-23-29(42-43-44)31(46)7-2)18-19-27-20-21-30(45(27)36(33)49)35(48)40-32(24-14-10-8-11-15-24)25-16-12-9-13-17-25/h8-17,23,26-28,30-33,46H,6-7,18-22H2,1-5H3,(H,39,50)(H,40,48)(H,41,47)/t26-,27+,28+,30+,31?,33+/m1/s1. The van der Waals surface area contributed by atoms with Crippen LogP contribution in [-0.2, 0) is 25.7 Å². The Hall–Kier alpha value is -4.78. The second kappa shape index (κ2) is 16.5. The van der Waals surface area contributed by atoms with Crippen molar-refractivity contribution in [1.82, 2.24) is 35.8 Å². The maximum atomic E-state index is 14.7. The average molecular weight is 702 g/mol. The van der Waals surface area contributed by atoms with Crippen molar-refractivity contribution < 1.29 is 29.0 Å². The highest BCUT2D eigenvalue weighted by molar-refractivity contribution is 5.95. The monoisotopic (exact) mass is 701 g/mol. The third-order valence-corrected chi connectivity index (χ3v) is 9.64. The lowest BCUT2D eigenvalue weighted by atomic mass is 9.92. The number of aromatic nitrogens is 3. The molecule has 2 fully saturated rings. The first kappa shape index (κ1) is 37.5. The molecule has 0 saturated carbocycles. The number of carbonyl (C=O) groups is 4. The van der Waals surface area contributed by atoms with Crippen molar-refractivity contribution in [1.29, 1.82) is 0 Å². The minimum atomic E-state index is -1.02. The number of rotatable bonds is 12. The molecule has 2 aliphatic rings. The molecule has 1 unspecified atom stereocenters. The van der Waals surface area contributed by atoms with Gasteiger partial charge in [0.15, 0.2) is 0 Å². The zero-order chi connectivity index (χ0) is 36.7. The van der Waals surface area contributed by atoms with Crippen molar-refractivity contribution in [3.63, 3.8) is 0 Å². The fraction of sp³-hybridized carbons (Fsp3) is 0.526. The van der Waals surface area contributed by atoms with Gasteiger partial charge in [0.1, 0.15) is 29.4 Å². The maximum absolute atomic E-state index is 14.7. The summed E-state index contributed by atoms with van der Waals surface area (Å²) in [6.45, 7) is 9.06. The zero-order valence-electron chi connectivity index (χ0n) is 30.1. The second-order valence-corrected chi connectivity index (χ2v) is 14.5. The molecule has 13 heteroatoms. The van der Waals surface area contributed by atoms with E-state index in [1.807, 2.05) is 67.6 Å². The Balaban J connectivity index is 1.41. The smallest absolute Gasteiger partial charge is 0.408 e. The van der Waals surface area contributed by atoms with Gasteiger partial charge in [-0.1, -0.05) is 79.7 Å². The van der Waals surface area contributed by atoms with Gasteiger partial charge in [-0.05, 0) is 70.4 Å². The van der Waals surface area contributed by atoms with Crippen molar-refractivity contribution in [3.05, 3.63) is 83.7 Å². The number of hydrogen-bond donors (Lipinski definition) is 4. The van der Waals surface area contributed by atoms with Crippen molar-refractivity contribution >= 4 is 23.8 Å². The summed E-state index contributed by atoms with van der Waals surface area (Å²) in [5.74, 6) is -1.56. The molecule has 3 aromatic rings. The van der Waals surface area contributed by atoms with Crippen LogP contribution in [-0.4, -0.2) is 78.6 Å². The Bertz CT molecular complexity index is 1600. The van der Waals surface area contributed by atoms with Crippen LogP contribution in [0.15, 0.2) is 66.9 Å². The molecule has 274 valence electrons. The van der Waals surface area contributed by atoms with Crippen LogP contribution in [0.4, 0.5) is 4.79 Å². The molecule has 0 spiro atoms. The lowest BCUT2D eigenvalue weighted by molar-refractivity contribution is -0.144. The van der Waals surface area contributed by atoms with Crippen LogP contribution in [0.1, 0.15) is 102 Å². The number of aliphatic hydroxyl groups excluding tert-OH is 1. The fourth-order valence-corrected chi connectivity index (χ4v) is 7.02. The quantitative estimate of drug-likeness (QED) is 0.218. The highest BCUT2D eigenvalue weighted by atomic mass is 16.6. The van der Waals surface area contributed by atoms with Crippen LogP contribution in [0.5, 0.6) is 0 Å². The van der Waals surface area contributed by atoms with E-state index in [4.69, 9.17) is 4.74 Å². The zero-order valence-corrected chi connectivity index (χ0v) is 30.1. The van der Waals surface area contributed by atoms with Crippen molar-refractivity contribution in [2.75, 3.05) is 0 Å². The van der Waals surface area contributed by atoms with E-state index in [-0.39, 0.29) is 30.8 Å². The first-order chi connectivity index (χ1) is 24.4. The number of nitrogens with zero attached hydrogens (tertiary/aromatic N) is 4. The molecule has 13 nitrogen and oxygen atoms in total. The number of hydrogen-bond acceptors (Lipinski definition) is 8. The van der Waals surface area contributed by atoms with Gasteiger partial charge in [0.25, 0.3) is 0 Å². The molecule has 4 amide bonds. The van der Waals surface area contributed by atoms with Gasteiger partial charge in [-0.3, -0.25) is 19.1 Å². The first-order valence-corrected chi connectivity index (χ1v) is 18.0. The molecule has 4 N–H and O–H groups in total. The van der Waals surface area contributed by atoms with Gasteiger partial charge in [0, 0.05) is 18.5 Å². The molecule has 2 aromatic carbocycles. The molecule has 1 aromatic heterocycles. The first-order valence-electron chi connectivity index (χ1n) is 18.0. The molecule has 3 heterocycles. The lowest BCUT2D eigenvalue weighted by Gasteiger charge is -2.33. The second-order valence-electron chi connectivity index (χ2n) is 14.5. The average Bonchev–Trinajstić information content (AvgIpc) is 3.74. The van der Waals surface area contributed by atoms with E-state index in [2.05, 4.69) is 26.3 Å². The number of aliphatic hydroxyl groups is 1. The number of nitrogens with one attached hydrogen (secondary N) is 3. The van der Waals surface area contributed by atoms with Crippen LogP contribution in [0.25, 0.3) is 0 Å². The Labute approximate surface area is 299 Å². The van der Waals surface area contributed by atoms with Gasteiger partial charge in [0.2, 0.25) is 17.7 Å². The number of carbonyl (C=O) groups excluding carboxylic acids is 4. The summed E-state index contributed by atoms with van der Waals surface area (Å²) >= 11 is 0. The van der Waals surface area contributed by atoms with Crippen LogP contribution in [0.3, 0.4) is 0 Å². The van der Waals surface area contributed by atoms with E-state index in [0.29, 0.717) is 37.8 Å². The Morgan fingerprint density at radius 3 is 2.14 bits per heavy atom. The molecule has 0 aliphatic carbocycles.